The van der Waals surface area contributed by atoms with Gasteiger partial charge in [0.25, 0.3) is 0 Å². The molecule has 21 heavy (non-hydrogen) atoms. The van der Waals surface area contributed by atoms with Crippen LogP contribution in [-0.2, 0) is 11.0 Å². The molecule has 3 rings (SSSR count). The fraction of sp³-hybridized carbons (Fsp3) is 0.133. The van der Waals surface area contributed by atoms with Crippen molar-refractivity contribution < 1.29 is 4.21 Å². The van der Waals surface area contributed by atoms with E-state index >= 15 is 0 Å². The maximum absolute atomic E-state index is 11.4. The number of hydrogen-bond acceptors (Lipinski definition) is 3. The summed E-state index contributed by atoms with van der Waals surface area (Å²) in [5.41, 5.74) is 11.1. The molecule has 108 valence electrons. The van der Waals surface area contributed by atoms with Gasteiger partial charge in [0, 0.05) is 5.39 Å². The Morgan fingerprint density at radius 2 is 1.86 bits per heavy atom. The molecule has 0 amide bonds. The van der Waals surface area contributed by atoms with Crippen LogP contribution in [0.1, 0.15) is 11.1 Å². The Hall–Kier alpha value is -2.18. The third-order valence-electron chi connectivity index (χ3n) is 3.74. The third kappa shape index (κ3) is 2.22. The molecule has 0 spiro atoms. The normalized spacial score (nSPS) is 12.7. The lowest BCUT2D eigenvalue weighted by Gasteiger charge is -2.11. The summed E-state index contributed by atoms with van der Waals surface area (Å²) < 4.78 is 11.4. The SMILES string of the molecule is Cc1cc(S(N)=O)ccc1-c1ccc2[nH]nc(N)c2c1C. The van der Waals surface area contributed by atoms with Crippen LogP contribution >= 0.6 is 0 Å². The lowest BCUT2D eigenvalue weighted by Crippen LogP contribution is -2.03. The van der Waals surface area contributed by atoms with E-state index < -0.39 is 11.0 Å². The Bertz CT molecular complexity index is 869. The van der Waals surface area contributed by atoms with Crippen molar-refractivity contribution in [2.45, 2.75) is 18.7 Å². The number of aryl methyl sites for hydroxylation is 2. The molecule has 6 heteroatoms. The van der Waals surface area contributed by atoms with Crippen LogP contribution in [0.2, 0.25) is 0 Å². The Morgan fingerprint density at radius 3 is 2.52 bits per heavy atom. The zero-order valence-electron chi connectivity index (χ0n) is 11.8. The van der Waals surface area contributed by atoms with Gasteiger partial charge in [-0.1, -0.05) is 12.1 Å². The number of nitrogens with one attached hydrogen (secondary N) is 1. The van der Waals surface area contributed by atoms with E-state index in [4.69, 9.17) is 10.9 Å². The second-order valence-corrected chi connectivity index (χ2v) is 6.11. The fourth-order valence-electron chi connectivity index (χ4n) is 2.67. The summed E-state index contributed by atoms with van der Waals surface area (Å²) in [7, 11) is -1.46. The van der Waals surface area contributed by atoms with Crippen molar-refractivity contribution >= 4 is 27.7 Å². The molecule has 1 aromatic heterocycles. The first-order valence-electron chi connectivity index (χ1n) is 6.49. The second-order valence-electron chi connectivity index (χ2n) is 5.04. The average Bonchev–Trinajstić information content (AvgIpc) is 2.82. The number of nitrogens with two attached hydrogens (primary N) is 2. The van der Waals surface area contributed by atoms with E-state index in [0.29, 0.717) is 10.7 Å². The zero-order chi connectivity index (χ0) is 15.1. The summed E-state index contributed by atoms with van der Waals surface area (Å²) in [6, 6.07) is 9.60. The van der Waals surface area contributed by atoms with Crippen molar-refractivity contribution in [3.05, 3.63) is 41.5 Å². The molecule has 0 aliphatic carbocycles. The number of aromatic amines is 1. The Labute approximate surface area is 124 Å². The third-order valence-corrected chi connectivity index (χ3v) is 4.46. The topological polar surface area (TPSA) is 97.8 Å². The van der Waals surface area contributed by atoms with Crippen molar-refractivity contribution in [1.82, 2.24) is 10.2 Å². The molecule has 0 saturated heterocycles. The van der Waals surface area contributed by atoms with Crippen LogP contribution in [0.15, 0.2) is 35.2 Å². The molecule has 3 aromatic rings. The van der Waals surface area contributed by atoms with Gasteiger partial charge < -0.3 is 5.73 Å². The summed E-state index contributed by atoms with van der Waals surface area (Å²) in [5, 5.41) is 13.3. The lowest BCUT2D eigenvalue weighted by atomic mass is 9.94. The molecule has 1 heterocycles. The van der Waals surface area contributed by atoms with E-state index in [-0.39, 0.29) is 0 Å². The molecule has 1 unspecified atom stereocenters. The number of rotatable bonds is 2. The maximum atomic E-state index is 11.4. The second kappa shape index (κ2) is 4.98. The van der Waals surface area contributed by atoms with Gasteiger partial charge in [-0.05, 0) is 54.3 Å². The Kier molecular flexibility index (Phi) is 3.27. The van der Waals surface area contributed by atoms with Gasteiger partial charge in [-0.2, -0.15) is 5.10 Å². The molecule has 0 saturated carbocycles. The monoisotopic (exact) mass is 300 g/mol. The lowest BCUT2D eigenvalue weighted by molar-refractivity contribution is 0.684. The summed E-state index contributed by atoms with van der Waals surface area (Å²) in [6.45, 7) is 4.01. The largest absolute Gasteiger partial charge is 0.382 e. The van der Waals surface area contributed by atoms with Gasteiger partial charge in [0.2, 0.25) is 0 Å². The standard InChI is InChI=1S/C15H16N4OS/c1-8-7-10(21(17)20)3-4-11(8)12-5-6-13-14(9(12)2)15(16)19-18-13/h3-7H,17H2,1-2H3,(H3,16,18,19). The van der Waals surface area contributed by atoms with Crippen LogP contribution in [-0.4, -0.2) is 14.4 Å². The number of nitrogens with zero attached hydrogens (tertiary/aromatic N) is 1. The van der Waals surface area contributed by atoms with E-state index in [1.807, 2.05) is 38.1 Å². The molecular formula is C15H16N4OS. The van der Waals surface area contributed by atoms with Crippen molar-refractivity contribution in [1.29, 1.82) is 0 Å². The maximum Gasteiger partial charge on any atom is 0.153 e. The highest BCUT2D eigenvalue weighted by molar-refractivity contribution is 7.82. The average molecular weight is 300 g/mol. The summed E-state index contributed by atoms with van der Waals surface area (Å²) in [6.07, 6.45) is 0. The molecule has 2 aromatic carbocycles. The minimum Gasteiger partial charge on any atom is -0.382 e. The molecule has 0 radical (unpaired) electrons. The first-order chi connectivity index (χ1) is 9.99. The Balaban J connectivity index is 2.23. The van der Waals surface area contributed by atoms with E-state index in [1.165, 1.54) is 0 Å². The van der Waals surface area contributed by atoms with Crippen LogP contribution in [0.25, 0.3) is 22.0 Å². The van der Waals surface area contributed by atoms with Gasteiger partial charge in [0.05, 0.1) is 10.4 Å². The van der Waals surface area contributed by atoms with Crippen molar-refractivity contribution in [2.75, 3.05) is 5.73 Å². The first kappa shape index (κ1) is 13.8. The molecule has 0 fully saturated rings. The van der Waals surface area contributed by atoms with Crippen molar-refractivity contribution in [2.24, 2.45) is 5.14 Å². The highest BCUT2D eigenvalue weighted by Gasteiger charge is 2.12. The number of fused-ring (bicyclic) bond motifs is 1. The highest BCUT2D eigenvalue weighted by atomic mass is 32.2. The zero-order valence-corrected chi connectivity index (χ0v) is 12.6. The molecule has 0 bridgehead atoms. The van der Waals surface area contributed by atoms with Crippen LogP contribution in [0.4, 0.5) is 5.82 Å². The van der Waals surface area contributed by atoms with E-state index in [1.54, 1.807) is 6.07 Å². The van der Waals surface area contributed by atoms with E-state index in [9.17, 15) is 4.21 Å². The number of H-pyrrole nitrogens is 1. The summed E-state index contributed by atoms with van der Waals surface area (Å²) in [5.74, 6) is 0.502. The summed E-state index contributed by atoms with van der Waals surface area (Å²) >= 11 is 0. The van der Waals surface area contributed by atoms with Crippen LogP contribution < -0.4 is 10.9 Å². The smallest absolute Gasteiger partial charge is 0.153 e. The molecule has 0 aliphatic heterocycles. The summed E-state index contributed by atoms with van der Waals surface area (Å²) in [4.78, 5) is 0.623. The Morgan fingerprint density at radius 1 is 1.14 bits per heavy atom. The van der Waals surface area contributed by atoms with Gasteiger partial charge in [-0.25, -0.2) is 9.35 Å². The van der Waals surface area contributed by atoms with E-state index in [2.05, 4.69) is 10.2 Å². The minimum absolute atomic E-state index is 0.502. The number of aromatic nitrogens is 2. The van der Waals surface area contributed by atoms with Gasteiger partial charge >= 0.3 is 0 Å². The van der Waals surface area contributed by atoms with Gasteiger partial charge in [-0.15, -0.1) is 0 Å². The number of benzene rings is 2. The predicted molar refractivity (Wildman–Crippen MR) is 86.0 cm³/mol. The number of nitrogen functional groups attached to an aromatic ring is 1. The predicted octanol–water partition coefficient (Wildman–Crippen LogP) is 2.41. The van der Waals surface area contributed by atoms with Crippen LogP contribution in [0.5, 0.6) is 0 Å². The number of hydrogen-bond donors (Lipinski definition) is 3. The minimum atomic E-state index is -1.46. The highest BCUT2D eigenvalue weighted by Crippen LogP contribution is 2.33. The fourth-order valence-corrected chi connectivity index (χ4v) is 3.16. The molecule has 5 nitrogen and oxygen atoms in total. The first-order valence-corrected chi connectivity index (χ1v) is 7.70. The van der Waals surface area contributed by atoms with Crippen LogP contribution in [0, 0.1) is 13.8 Å². The number of anilines is 1. The molecular weight excluding hydrogens is 284 g/mol. The quantitative estimate of drug-likeness (QED) is 0.678. The molecule has 1 atom stereocenters. The molecule has 0 aliphatic rings. The molecule has 5 N–H and O–H groups in total. The van der Waals surface area contributed by atoms with Gasteiger partial charge in [0.15, 0.2) is 5.82 Å². The van der Waals surface area contributed by atoms with Gasteiger partial charge in [-0.3, -0.25) is 5.10 Å². The van der Waals surface area contributed by atoms with E-state index in [0.717, 1.165) is 33.2 Å². The van der Waals surface area contributed by atoms with Crippen molar-refractivity contribution in [3.8, 4) is 11.1 Å². The van der Waals surface area contributed by atoms with Crippen LogP contribution in [0.3, 0.4) is 0 Å². The van der Waals surface area contributed by atoms with Crippen molar-refractivity contribution in [3.63, 3.8) is 0 Å². The van der Waals surface area contributed by atoms with Gasteiger partial charge in [0.1, 0.15) is 11.0 Å².